The molecule has 10 aromatic carbocycles. The van der Waals surface area contributed by atoms with Gasteiger partial charge in [0.25, 0.3) is 0 Å². The van der Waals surface area contributed by atoms with Gasteiger partial charge in [0.1, 0.15) is 11.2 Å². The van der Waals surface area contributed by atoms with E-state index in [-0.39, 0.29) is 5.41 Å². The second kappa shape index (κ2) is 13.7. The summed E-state index contributed by atoms with van der Waals surface area (Å²) in [5.74, 6) is 0. The van der Waals surface area contributed by atoms with Crippen molar-refractivity contribution in [3.63, 3.8) is 0 Å². The number of furan rings is 1. The summed E-state index contributed by atoms with van der Waals surface area (Å²) in [6.45, 7) is 4.69. The zero-order valence-electron chi connectivity index (χ0n) is 34.1. The van der Waals surface area contributed by atoms with Crippen LogP contribution in [0.15, 0.2) is 217 Å². The summed E-state index contributed by atoms with van der Waals surface area (Å²) in [7, 11) is 0. The fraction of sp³-hybridized carbons (Fsp3) is 0.0508. The topological polar surface area (TPSA) is 16.4 Å². The molecule has 1 aromatic heterocycles. The third-order valence-corrected chi connectivity index (χ3v) is 13.0. The highest BCUT2D eigenvalue weighted by Gasteiger charge is 2.35. The molecule has 11 aromatic rings. The van der Waals surface area contributed by atoms with E-state index in [9.17, 15) is 0 Å². The predicted octanol–water partition coefficient (Wildman–Crippen LogP) is 16.7. The zero-order valence-corrected chi connectivity index (χ0v) is 34.1. The minimum atomic E-state index is -0.125. The molecule has 2 nitrogen and oxygen atoms in total. The average Bonchev–Trinajstić information content (AvgIpc) is 3.79. The minimum absolute atomic E-state index is 0.125. The van der Waals surface area contributed by atoms with Crippen molar-refractivity contribution < 1.29 is 4.42 Å². The Balaban J connectivity index is 1.01. The van der Waals surface area contributed by atoms with Gasteiger partial charge in [-0.25, -0.2) is 0 Å². The lowest BCUT2D eigenvalue weighted by molar-refractivity contribution is 0.660. The number of rotatable bonds is 6. The average molecular weight is 780 g/mol. The highest BCUT2D eigenvalue weighted by Crippen LogP contribution is 2.51. The van der Waals surface area contributed by atoms with Crippen LogP contribution in [-0.2, 0) is 5.41 Å². The van der Waals surface area contributed by atoms with E-state index in [1.807, 2.05) is 0 Å². The van der Waals surface area contributed by atoms with Gasteiger partial charge in [-0.1, -0.05) is 172 Å². The molecule has 61 heavy (non-hydrogen) atoms. The third kappa shape index (κ3) is 5.71. The molecule has 0 saturated carbocycles. The molecule has 0 saturated heterocycles. The summed E-state index contributed by atoms with van der Waals surface area (Å²) >= 11 is 0. The highest BCUT2D eigenvalue weighted by atomic mass is 16.3. The quantitative estimate of drug-likeness (QED) is 0.167. The van der Waals surface area contributed by atoms with Crippen LogP contribution >= 0.6 is 0 Å². The molecule has 288 valence electrons. The van der Waals surface area contributed by atoms with Gasteiger partial charge in [-0.15, -0.1) is 0 Å². The lowest BCUT2D eigenvalue weighted by Crippen LogP contribution is -2.16. The molecule has 0 amide bonds. The Bertz CT molecular complexity index is 3480. The first-order valence-corrected chi connectivity index (χ1v) is 21.2. The van der Waals surface area contributed by atoms with Crippen molar-refractivity contribution >= 4 is 60.5 Å². The van der Waals surface area contributed by atoms with E-state index in [1.165, 1.54) is 66.1 Å². The lowest BCUT2D eigenvalue weighted by Gasteiger charge is -2.28. The van der Waals surface area contributed by atoms with E-state index in [0.717, 1.165) is 50.1 Å². The summed E-state index contributed by atoms with van der Waals surface area (Å²) in [5.41, 5.74) is 17.2. The van der Waals surface area contributed by atoms with Gasteiger partial charge in [0.15, 0.2) is 0 Å². The van der Waals surface area contributed by atoms with E-state index >= 15 is 0 Å². The van der Waals surface area contributed by atoms with E-state index in [1.54, 1.807) is 0 Å². The molecule has 1 heterocycles. The van der Waals surface area contributed by atoms with Gasteiger partial charge in [-0.3, -0.25) is 0 Å². The Labute approximate surface area is 355 Å². The largest absolute Gasteiger partial charge is 0.455 e. The Hall–Kier alpha value is -7.68. The van der Waals surface area contributed by atoms with Gasteiger partial charge in [0, 0.05) is 44.9 Å². The molecule has 1 aliphatic carbocycles. The van der Waals surface area contributed by atoms with Gasteiger partial charge >= 0.3 is 0 Å². The fourth-order valence-corrected chi connectivity index (χ4v) is 9.90. The maximum atomic E-state index is 7.07. The summed E-state index contributed by atoms with van der Waals surface area (Å²) in [6.07, 6.45) is 0. The van der Waals surface area contributed by atoms with Crippen molar-refractivity contribution in [2.45, 2.75) is 19.3 Å². The van der Waals surface area contributed by atoms with Gasteiger partial charge in [-0.2, -0.15) is 0 Å². The molecule has 12 rings (SSSR count). The standard InChI is InChI=1S/C59H41NO/c1-59(2)54-19-11-10-18-50(54)51-32-30-47(36-55(51)59)60(46-28-26-40(27-29-46)38-12-4-3-5-13-38)48-31-33-52-53-35-45-16-8-9-17-49(45)57(58(53)61-56(52)37-48)42-23-20-41(21-24-42)44-25-22-39-14-6-7-15-43(39)34-44/h3-37H,1-2H3. The normalized spacial score (nSPS) is 12.9. The molecule has 0 N–H and O–H groups in total. The smallest absolute Gasteiger partial charge is 0.143 e. The first kappa shape index (κ1) is 35.3. The number of hydrogen-bond acceptors (Lipinski definition) is 2. The predicted molar refractivity (Wildman–Crippen MR) is 257 cm³/mol. The first-order valence-electron chi connectivity index (χ1n) is 21.2. The van der Waals surface area contributed by atoms with E-state index in [2.05, 4.69) is 231 Å². The molecule has 0 fully saturated rings. The molecule has 1 aliphatic rings. The number of fused-ring (bicyclic) bond motifs is 8. The van der Waals surface area contributed by atoms with Gasteiger partial charge in [0.05, 0.1) is 0 Å². The fourth-order valence-electron chi connectivity index (χ4n) is 9.90. The molecular formula is C59H41NO. The van der Waals surface area contributed by atoms with Crippen molar-refractivity contribution in [3.8, 4) is 44.5 Å². The molecule has 0 radical (unpaired) electrons. The summed E-state index contributed by atoms with van der Waals surface area (Å²) in [5, 5.41) is 7.08. The van der Waals surface area contributed by atoms with E-state index < -0.39 is 0 Å². The zero-order chi connectivity index (χ0) is 40.7. The third-order valence-electron chi connectivity index (χ3n) is 13.0. The Morgan fingerprint density at radius 3 is 1.79 bits per heavy atom. The van der Waals surface area contributed by atoms with Crippen molar-refractivity contribution in [1.29, 1.82) is 0 Å². The molecule has 0 unspecified atom stereocenters. The summed E-state index contributed by atoms with van der Waals surface area (Å²) in [6, 6.07) is 77.3. The molecular weight excluding hydrogens is 739 g/mol. The van der Waals surface area contributed by atoms with Crippen LogP contribution in [0.1, 0.15) is 25.0 Å². The lowest BCUT2D eigenvalue weighted by atomic mass is 9.82. The first-order chi connectivity index (χ1) is 30.0. The Morgan fingerprint density at radius 2 is 0.951 bits per heavy atom. The van der Waals surface area contributed by atoms with E-state index in [4.69, 9.17) is 4.42 Å². The maximum Gasteiger partial charge on any atom is 0.143 e. The van der Waals surface area contributed by atoms with Crippen LogP contribution in [-0.4, -0.2) is 0 Å². The SMILES string of the molecule is CC1(C)c2ccccc2-c2ccc(N(c3ccc(-c4ccccc4)cc3)c3ccc4c(c3)oc3c(-c5ccc(-c6ccc7ccccc7c6)cc5)c5ccccc5cc34)cc21. The van der Waals surface area contributed by atoms with Gasteiger partial charge in [0.2, 0.25) is 0 Å². The summed E-state index contributed by atoms with van der Waals surface area (Å²) in [4.78, 5) is 2.38. The number of anilines is 3. The van der Waals surface area contributed by atoms with Gasteiger partial charge < -0.3 is 9.32 Å². The van der Waals surface area contributed by atoms with Crippen LogP contribution in [0.3, 0.4) is 0 Å². The number of hydrogen-bond donors (Lipinski definition) is 0. The van der Waals surface area contributed by atoms with Crippen molar-refractivity contribution in [1.82, 2.24) is 0 Å². The van der Waals surface area contributed by atoms with Crippen LogP contribution in [0.2, 0.25) is 0 Å². The summed E-state index contributed by atoms with van der Waals surface area (Å²) < 4.78 is 7.07. The minimum Gasteiger partial charge on any atom is -0.455 e. The monoisotopic (exact) mass is 779 g/mol. The molecule has 0 bridgehead atoms. The Morgan fingerprint density at radius 1 is 0.361 bits per heavy atom. The van der Waals surface area contributed by atoms with Crippen LogP contribution in [0, 0.1) is 0 Å². The van der Waals surface area contributed by atoms with Crippen LogP contribution in [0.5, 0.6) is 0 Å². The van der Waals surface area contributed by atoms with Crippen LogP contribution in [0.4, 0.5) is 17.1 Å². The molecule has 0 atom stereocenters. The second-order valence-electron chi connectivity index (χ2n) is 16.9. The second-order valence-corrected chi connectivity index (χ2v) is 16.9. The maximum absolute atomic E-state index is 7.07. The van der Waals surface area contributed by atoms with Gasteiger partial charge in [-0.05, 0) is 120 Å². The van der Waals surface area contributed by atoms with Crippen molar-refractivity contribution in [2.24, 2.45) is 0 Å². The van der Waals surface area contributed by atoms with E-state index in [0.29, 0.717) is 0 Å². The number of nitrogens with zero attached hydrogens (tertiary/aromatic N) is 1. The van der Waals surface area contributed by atoms with Crippen molar-refractivity contribution in [2.75, 3.05) is 4.90 Å². The molecule has 2 heteroatoms. The number of benzene rings is 10. The molecule has 0 spiro atoms. The van der Waals surface area contributed by atoms with Crippen molar-refractivity contribution in [3.05, 3.63) is 223 Å². The molecule has 0 aliphatic heterocycles. The highest BCUT2D eigenvalue weighted by molar-refractivity contribution is 6.18. The van der Waals surface area contributed by atoms with Crippen LogP contribution < -0.4 is 4.90 Å². The van der Waals surface area contributed by atoms with Crippen LogP contribution in [0.25, 0.3) is 88.0 Å². The Kier molecular flexibility index (Phi) is 7.92.